The Bertz CT molecular complexity index is 869. The number of benzene rings is 2. The Kier molecular flexibility index (Phi) is 5.88. The smallest absolute Gasteiger partial charge is 0.373 e. The van der Waals surface area contributed by atoms with Gasteiger partial charge in [-0.3, -0.25) is 0 Å². The van der Waals surface area contributed by atoms with Gasteiger partial charge in [-0.1, -0.05) is 48.5 Å². The first-order valence-electron chi connectivity index (χ1n) is 8.55. The zero-order valence-electron chi connectivity index (χ0n) is 14.4. The van der Waals surface area contributed by atoms with Gasteiger partial charge in [-0.2, -0.15) is 13.2 Å². The third-order valence-corrected chi connectivity index (χ3v) is 5.84. The summed E-state index contributed by atoms with van der Waals surface area (Å²) in [7, 11) is -3.76. The standard InChI is InChI=1S/C19H20F3NO3S/c20-19(21,22)17-8-4-5-14(11-17)13-27(24,25)23-12-16-9-10-26-18(16)15-6-2-1-3-7-15/h1-8,11,16,18,23H,9-10,12-13H2/t16-,18-/m0/s1. The van der Waals surface area contributed by atoms with Crippen molar-refractivity contribution in [2.24, 2.45) is 5.92 Å². The van der Waals surface area contributed by atoms with Crippen molar-refractivity contribution >= 4 is 10.0 Å². The number of ether oxygens (including phenoxy) is 1. The maximum atomic E-state index is 12.8. The topological polar surface area (TPSA) is 55.4 Å². The van der Waals surface area contributed by atoms with E-state index in [1.807, 2.05) is 30.3 Å². The molecule has 0 bridgehead atoms. The number of hydrogen-bond donors (Lipinski definition) is 1. The highest BCUT2D eigenvalue weighted by atomic mass is 32.2. The molecule has 3 rings (SSSR count). The molecule has 146 valence electrons. The van der Waals surface area contributed by atoms with Crippen LogP contribution in [0.3, 0.4) is 0 Å². The van der Waals surface area contributed by atoms with Gasteiger partial charge in [-0.05, 0) is 23.6 Å². The number of alkyl halides is 3. The monoisotopic (exact) mass is 399 g/mol. The molecule has 1 saturated heterocycles. The van der Waals surface area contributed by atoms with Gasteiger partial charge in [0, 0.05) is 19.1 Å². The van der Waals surface area contributed by atoms with Crippen LogP contribution >= 0.6 is 0 Å². The Hall–Kier alpha value is -1.90. The summed E-state index contributed by atoms with van der Waals surface area (Å²) in [6.45, 7) is 0.723. The fraction of sp³-hybridized carbons (Fsp3) is 0.368. The third-order valence-electron chi connectivity index (χ3n) is 4.52. The lowest BCUT2D eigenvalue weighted by Crippen LogP contribution is -2.31. The molecule has 0 aliphatic carbocycles. The van der Waals surface area contributed by atoms with Gasteiger partial charge in [0.05, 0.1) is 17.4 Å². The molecule has 2 aromatic rings. The molecule has 2 atom stereocenters. The van der Waals surface area contributed by atoms with Gasteiger partial charge in [-0.25, -0.2) is 13.1 Å². The fourth-order valence-electron chi connectivity index (χ4n) is 3.20. The number of sulfonamides is 1. The zero-order chi connectivity index (χ0) is 19.5. The van der Waals surface area contributed by atoms with E-state index in [4.69, 9.17) is 4.74 Å². The normalized spacial score (nSPS) is 20.7. The van der Waals surface area contributed by atoms with Crippen LogP contribution in [0.25, 0.3) is 0 Å². The van der Waals surface area contributed by atoms with E-state index < -0.39 is 27.5 Å². The maximum Gasteiger partial charge on any atom is 0.416 e. The summed E-state index contributed by atoms with van der Waals surface area (Å²) < 4.78 is 71.2. The minimum absolute atomic E-state index is 0.0244. The molecule has 27 heavy (non-hydrogen) atoms. The molecule has 0 aromatic heterocycles. The van der Waals surface area contributed by atoms with Gasteiger partial charge in [0.1, 0.15) is 0 Å². The molecule has 1 heterocycles. The predicted octanol–water partition coefficient (Wildman–Crippen LogP) is 3.90. The quantitative estimate of drug-likeness (QED) is 0.802. The van der Waals surface area contributed by atoms with Crippen molar-refractivity contribution in [3.63, 3.8) is 0 Å². The molecule has 2 aromatic carbocycles. The summed E-state index contributed by atoms with van der Waals surface area (Å²) in [5, 5.41) is 0. The molecule has 0 spiro atoms. The first-order chi connectivity index (χ1) is 12.7. The average Bonchev–Trinajstić information content (AvgIpc) is 3.09. The van der Waals surface area contributed by atoms with Gasteiger partial charge in [-0.15, -0.1) is 0 Å². The molecule has 1 aliphatic heterocycles. The number of rotatable bonds is 6. The Balaban J connectivity index is 1.63. The lowest BCUT2D eigenvalue weighted by atomic mass is 9.96. The average molecular weight is 399 g/mol. The van der Waals surface area contributed by atoms with Gasteiger partial charge < -0.3 is 4.74 Å². The minimum atomic E-state index is -4.50. The summed E-state index contributed by atoms with van der Waals surface area (Å²) >= 11 is 0. The van der Waals surface area contributed by atoms with Gasteiger partial charge in [0.15, 0.2) is 0 Å². The van der Waals surface area contributed by atoms with E-state index in [1.54, 1.807) is 0 Å². The fourth-order valence-corrected chi connectivity index (χ4v) is 4.38. The summed E-state index contributed by atoms with van der Waals surface area (Å²) in [4.78, 5) is 0. The Morgan fingerprint density at radius 1 is 1.07 bits per heavy atom. The molecular weight excluding hydrogens is 379 g/mol. The molecule has 1 aliphatic rings. The van der Waals surface area contributed by atoms with Crippen molar-refractivity contribution in [3.05, 3.63) is 71.3 Å². The van der Waals surface area contributed by atoms with E-state index in [9.17, 15) is 21.6 Å². The van der Waals surface area contributed by atoms with Crippen molar-refractivity contribution in [3.8, 4) is 0 Å². The highest BCUT2D eigenvalue weighted by Crippen LogP contribution is 2.34. The van der Waals surface area contributed by atoms with Crippen molar-refractivity contribution < 1.29 is 26.3 Å². The second-order valence-electron chi connectivity index (χ2n) is 6.56. The molecule has 0 saturated carbocycles. The van der Waals surface area contributed by atoms with Crippen molar-refractivity contribution in [1.29, 1.82) is 0 Å². The number of nitrogens with one attached hydrogen (secondary N) is 1. The van der Waals surface area contributed by atoms with E-state index in [0.717, 1.165) is 17.7 Å². The minimum Gasteiger partial charge on any atom is -0.373 e. The SMILES string of the molecule is O=S(=O)(Cc1cccc(C(F)(F)F)c1)NC[C@@H]1CCO[C@H]1c1ccccc1. The third kappa shape index (κ3) is 5.31. The molecule has 0 radical (unpaired) electrons. The van der Waals surface area contributed by atoms with Crippen LogP contribution in [0.4, 0.5) is 13.2 Å². The number of hydrogen-bond acceptors (Lipinski definition) is 3. The molecule has 0 amide bonds. The van der Waals surface area contributed by atoms with Crippen molar-refractivity contribution in [1.82, 2.24) is 4.72 Å². The van der Waals surface area contributed by atoms with Crippen LogP contribution in [0.5, 0.6) is 0 Å². The largest absolute Gasteiger partial charge is 0.416 e. The Morgan fingerprint density at radius 2 is 1.81 bits per heavy atom. The summed E-state index contributed by atoms with van der Waals surface area (Å²) in [5.41, 5.74) is 0.222. The molecule has 1 N–H and O–H groups in total. The predicted molar refractivity (Wildman–Crippen MR) is 95.3 cm³/mol. The lowest BCUT2D eigenvalue weighted by molar-refractivity contribution is -0.137. The van der Waals surface area contributed by atoms with Crippen molar-refractivity contribution in [2.75, 3.05) is 13.2 Å². The molecular formula is C19H20F3NO3S. The number of halogens is 3. The lowest BCUT2D eigenvalue weighted by Gasteiger charge is -2.19. The molecule has 8 heteroatoms. The van der Waals surface area contributed by atoms with Gasteiger partial charge in [0.25, 0.3) is 0 Å². The van der Waals surface area contributed by atoms with Crippen LogP contribution in [0.15, 0.2) is 54.6 Å². The summed E-state index contributed by atoms with van der Waals surface area (Å²) in [6, 6.07) is 13.9. The maximum absolute atomic E-state index is 12.8. The highest BCUT2D eigenvalue weighted by molar-refractivity contribution is 7.88. The van der Waals surface area contributed by atoms with E-state index in [-0.39, 0.29) is 24.1 Å². The first kappa shape index (κ1) is 19.9. The van der Waals surface area contributed by atoms with Crippen LogP contribution in [0.2, 0.25) is 0 Å². The summed E-state index contributed by atoms with van der Waals surface area (Å²) in [5.74, 6) is -0.524. The second-order valence-corrected chi connectivity index (χ2v) is 8.36. The van der Waals surface area contributed by atoms with E-state index in [0.29, 0.717) is 13.0 Å². The molecule has 4 nitrogen and oxygen atoms in total. The van der Waals surface area contributed by atoms with E-state index in [2.05, 4.69) is 4.72 Å². The van der Waals surface area contributed by atoms with Crippen LogP contribution < -0.4 is 4.72 Å². The summed E-state index contributed by atoms with van der Waals surface area (Å²) in [6.07, 6.45) is -3.98. The van der Waals surface area contributed by atoms with Gasteiger partial charge >= 0.3 is 6.18 Å². The van der Waals surface area contributed by atoms with E-state index >= 15 is 0 Å². The highest BCUT2D eigenvalue weighted by Gasteiger charge is 2.32. The van der Waals surface area contributed by atoms with Gasteiger partial charge in [0.2, 0.25) is 10.0 Å². The van der Waals surface area contributed by atoms with Crippen LogP contribution in [-0.4, -0.2) is 21.6 Å². The Morgan fingerprint density at radius 3 is 2.52 bits per heavy atom. The van der Waals surface area contributed by atoms with Crippen LogP contribution in [-0.2, 0) is 26.7 Å². The zero-order valence-corrected chi connectivity index (χ0v) is 15.3. The van der Waals surface area contributed by atoms with E-state index in [1.165, 1.54) is 12.1 Å². The van der Waals surface area contributed by atoms with Crippen molar-refractivity contribution in [2.45, 2.75) is 24.5 Å². The second kappa shape index (κ2) is 8.00. The van der Waals surface area contributed by atoms with Crippen LogP contribution in [0, 0.1) is 5.92 Å². The molecule has 1 fully saturated rings. The van der Waals surface area contributed by atoms with Crippen LogP contribution in [0.1, 0.15) is 29.2 Å². The Labute approximate surface area is 156 Å². The first-order valence-corrected chi connectivity index (χ1v) is 10.2. The molecule has 0 unspecified atom stereocenters.